The summed E-state index contributed by atoms with van der Waals surface area (Å²) >= 11 is 1.34. The van der Waals surface area contributed by atoms with Gasteiger partial charge in [-0.15, -0.1) is 11.3 Å². The fourth-order valence-corrected chi connectivity index (χ4v) is 12.0. The number of amides is 4. The number of nitrogens with zero attached hydrogens (tertiary/aromatic N) is 7. The number of hydrogen-bond donors (Lipinski definition) is 2. The average Bonchev–Trinajstić information content (AvgIpc) is 1.75. The van der Waals surface area contributed by atoms with Crippen LogP contribution in [0.2, 0.25) is 0 Å². The predicted molar refractivity (Wildman–Crippen MR) is 334 cm³/mol. The molecule has 6 aromatic rings. The Morgan fingerprint density at radius 2 is 1.51 bits per heavy atom. The third-order valence-corrected chi connectivity index (χ3v) is 17.0. The Kier molecular flexibility index (Phi) is 23.2. The summed E-state index contributed by atoms with van der Waals surface area (Å²) < 4.78 is 81.8. The van der Waals surface area contributed by atoms with Crippen molar-refractivity contribution in [1.29, 1.82) is 0 Å². The third-order valence-electron chi connectivity index (χ3n) is 16.0. The number of hydrogen-bond acceptors (Lipinski definition) is 17. The minimum Gasteiger partial charge on any atom is -0.491 e. The molecule has 0 radical (unpaired) electrons. The summed E-state index contributed by atoms with van der Waals surface area (Å²) in [7, 11) is 1.52. The van der Waals surface area contributed by atoms with Crippen molar-refractivity contribution in [2.24, 2.45) is 5.92 Å². The van der Waals surface area contributed by atoms with Gasteiger partial charge in [-0.05, 0) is 119 Å². The maximum absolute atomic E-state index is 14.5. The molecule has 0 bridgehead atoms. The van der Waals surface area contributed by atoms with Gasteiger partial charge in [-0.3, -0.25) is 28.8 Å². The molecule has 488 valence electrons. The van der Waals surface area contributed by atoms with Gasteiger partial charge >= 0.3 is 12.3 Å². The maximum Gasteiger partial charge on any atom is 0.416 e. The van der Waals surface area contributed by atoms with Gasteiger partial charge in [0.25, 0.3) is 0 Å². The monoisotopic (exact) mass is 1280 g/mol. The number of carbonyl (C=O) groups is 5. The van der Waals surface area contributed by atoms with Crippen LogP contribution in [0.5, 0.6) is 17.2 Å². The zero-order valence-corrected chi connectivity index (χ0v) is 52.9. The lowest BCUT2D eigenvalue weighted by Gasteiger charge is -2.36. The molecule has 3 aromatic carbocycles. The molecular formula is C66H80F3N9O12S. The Bertz CT molecular complexity index is 3460. The summed E-state index contributed by atoms with van der Waals surface area (Å²) in [5.74, 6) is 0.299. The van der Waals surface area contributed by atoms with Crippen LogP contribution in [0.4, 0.5) is 29.5 Å². The lowest BCUT2D eigenvalue weighted by Crippen LogP contribution is -2.56. The number of halogens is 3. The number of anilines is 2. The number of ketones is 1. The van der Waals surface area contributed by atoms with E-state index in [0.717, 1.165) is 67.3 Å². The van der Waals surface area contributed by atoms with Crippen LogP contribution in [0.15, 0.2) is 96.8 Å². The molecular weight excluding hydrogens is 1200 g/mol. The number of alkyl halides is 3. The molecule has 0 spiro atoms. The second-order valence-corrected chi connectivity index (χ2v) is 24.6. The molecule has 25 heteroatoms. The van der Waals surface area contributed by atoms with Crippen molar-refractivity contribution in [1.82, 2.24) is 34.9 Å². The Labute approximate surface area is 531 Å². The smallest absolute Gasteiger partial charge is 0.416 e. The van der Waals surface area contributed by atoms with Gasteiger partial charge in [0.2, 0.25) is 23.5 Å². The quantitative estimate of drug-likeness (QED) is 0.0328. The van der Waals surface area contributed by atoms with Crippen molar-refractivity contribution in [2.75, 3.05) is 90.2 Å². The van der Waals surface area contributed by atoms with E-state index in [1.807, 2.05) is 12.3 Å². The molecule has 1 saturated carbocycles. The largest absolute Gasteiger partial charge is 0.491 e. The van der Waals surface area contributed by atoms with E-state index in [2.05, 4.69) is 15.4 Å². The van der Waals surface area contributed by atoms with Gasteiger partial charge in [0.15, 0.2) is 11.6 Å². The molecule has 1 aliphatic carbocycles. The highest BCUT2D eigenvalue weighted by molar-refractivity contribution is 7.10. The highest BCUT2D eigenvalue weighted by Crippen LogP contribution is 2.39. The number of pyridine rings is 1. The van der Waals surface area contributed by atoms with Crippen LogP contribution < -0.4 is 25.4 Å². The van der Waals surface area contributed by atoms with Crippen LogP contribution in [-0.4, -0.2) is 156 Å². The van der Waals surface area contributed by atoms with Crippen molar-refractivity contribution in [3.63, 3.8) is 0 Å². The van der Waals surface area contributed by atoms with E-state index in [1.54, 1.807) is 102 Å². The van der Waals surface area contributed by atoms with E-state index in [0.29, 0.717) is 124 Å². The molecule has 5 heterocycles. The Hall–Kier alpha value is -7.97. The van der Waals surface area contributed by atoms with E-state index in [4.69, 9.17) is 43.9 Å². The predicted octanol–water partition coefficient (Wildman–Crippen LogP) is 10.3. The molecule has 3 aromatic heterocycles. The van der Waals surface area contributed by atoms with Crippen LogP contribution in [0.3, 0.4) is 0 Å². The summed E-state index contributed by atoms with van der Waals surface area (Å²) in [6, 6.07) is 16.8. The number of carbonyl (C=O) groups excluding carboxylic acids is 5. The normalized spacial score (nSPS) is 15.9. The van der Waals surface area contributed by atoms with Gasteiger partial charge in [0.05, 0.1) is 83.6 Å². The number of nitrogen functional groups attached to an aromatic ring is 1. The first kappa shape index (κ1) is 67.4. The molecule has 91 heavy (non-hydrogen) atoms. The summed E-state index contributed by atoms with van der Waals surface area (Å²) in [4.78, 5) is 81.7. The lowest BCUT2D eigenvalue weighted by atomic mass is 9.83. The number of rotatable bonds is 29. The maximum atomic E-state index is 14.5. The zero-order chi connectivity index (χ0) is 64.7. The Morgan fingerprint density at radius 1 is 0.791 bits per heavy atom. The van der Waals surface area contributed by atoms with E-state index in [9.17, 15) is 37.1 Å². The van der Waals surface area contributed by atoms with Crippen molar-refractivity contribution < 1.29 is 70.3 Å². The summed E-state index contributed by atoms with van der Waals surface area (Å²) in [6.45, 7) is 11.5. The molecule has 9 rings (SSSR count). The first-order chi connectivity index (χ1) is 43.7. The molecule has 0 unspecified atom stereocenters. The lowest BCUT2D eigenvalue weighted by molar-refractivity contribution is -0.140. The van der Waals surface area contributed by atoms with E-state index in [1.165, 1.54) is 35.4 Å². The summed E-state index contributed by atoms with van der Waals surface area (Å²) in [5.41, 5.74) is 8.73. The first-order valence-corrected chi connectivity index (χ1v) is 31.7. The molecule has 21 nitrogen and oxygen atoms in total. The van der Waals surface area contributed by atoms with Gasteiger partial charge in [-0.1, -0.05) is 49.6 Å². The number of likely N-dealkylation sites (tertiary alicyclic amines) is 1. The Balaban J connectivity index is 0.625. The second-order valence-electron chi connectivity index (χ2n) is 23.7. The molecule has 3 atom stereocenters. The topological polar surface area (TPSA) is 241 Å². The number of benzene rings is 3. The molecule has 2 fully saturated rings. The molecule has 3 N–H and O–H groups in total. The highest BCUT2D eigenvalue weighted by atomic mass is 32.1. The van der Waals surface area contributed by atoms with Crippen LogP contribution >= 0.6 is 11.3 Å². The number of likely N-dealkylation sites (N-methyl/N-ethyl adjacent to an activating group) is 1. The van der Waals surface area contributed by atoms with Gasteiger partial charge in [0, 0.05) is 60.3 Å². The SMILES string of the molecule is C[C@@H](C(=O)N[C@H](C(=O)N1CCC[C@H]1c1nc(C(=O)c2cccc(OCCOCCOCCOCCOCCn3cc(-c4cnc(N)c(Oc5ccc6c(c5)CCN6C(=O)Cc5cccc(C(F)(F)F)c5)c4)cn3)c2)cs1)C1CCCCC1)N(C)C(=O)OC(C)(C)C. The molecule has 4 amide bonds. The van der Waals surface area contributed by atoms with Crippen molar-refractivity contribution in [2.45, 2.75) is 122 Å². The van der Waals surface area contributed by atoms with Gasteiger partial charge in [0.1, 0.15) is 46.5 Å². The second kappa shape index (κ2) is 31.4. The average molecular weight is 1280 g/mol. The summed E-state index contributed by atoms with van der Waals surface area (Å²) in [5, 5.41) is 9.89. The fraction of sp³-hybridized carbons (Fsp3) is 0.485. The first-order valence-electron chi connectivity index (χ1n) is 30.9. The van der Waals surface area contributed by atoms with Crippen LogP contribution in [0, 0.1) is 5.92 Å². The van der Waals surface area contributed by atoms with Crippen molar-refractivity contribution in [3.05, 3.63) is 130 Å². The fourth-order valence-electron chi connectivity index (χ4n) is 11.1. The number of nitrogens with two attached hydrogens (primary N) is 1. The van der Waals surface area contributed by atoms with Crippen molar-refractivity contribution >= 4 is 52.4 Å². The van der Waals surface area contributed by atoms with Crippen LogP contribution in [0.1, 0.15) is 116 Å². The Morgan fingerprint density at radius 3 is 2.23 bits per heavy atom. The number of thiazole rings is 1. The number of nitrogens with one attached hydrogen (secondary N) is 1. The van der Waals surface area contributed by atoms with Crippen LogP contribution in [0.25, 0.3) is 11.1 Å². The molecule has 1 saturated heterocycles. The number of aromatic nitrogens is 4. The van der Waals surface area contributed by atoms with E-state index < -0.39 is 41.4 Å². The van der Waals surface area contributed by atoms with Gasteiger partial charge in [-0.2, -0.15) is 18.3 Å². The summed E-state index contributed by atoms with van der Waals surface area (Å²) in [6.07, 6.45) is 6.53. The standard InChI is InChI=1S/C66H80F3N9O12S/c1-43(75(5)64(83)90-65(2,3)4)61(81)74-58(45-13-7-6-8-14-45)63(82)78-22-11-18-55(78)62-73-53(42-91-62)59(80)47-15-10-17-51(37-47)88-33-32-87-31-30-86-29-28-85-27-26-84-25-24-76-41-49(40-72-76)48-38-56(60(70)71-39-48)89-52-19-20-54-46(36-52)21-23-77(54)57(79)35-44-12-9-16-50(34-44)66(67,68)69/h9-10,12,15-17,19-20,34,36-43,45,55,58H,6-8,11,13-14,18,21-33,35H2,1-5H3,(H2,70,71)(H,74,81)/t43-,55-,58-/m0/s1. The van der Waals surface area contributed by atoms with Gasteiger partial charge < -0.3 is 54.0 Å². The van der Waals surface area contributed by atoms with Gasteiger partial charge in [-0.25, -0.2) is 14.8 Å². The molecule has 2 aliphatic heterocycles. The van der Waals surface area contributed by atoms with E-state index >= 15 is 0 Å². The number of fused-ring (bicyclic) bond motifs is 1. The number of ether oxygens (including phenoxy) is 7. The highest BCUT2D eigenvalue weighted by Gasteiger charge is 2.41. The van der Waals surface area contributed by atoms with Crippen LogP contribution in [-0.2, 0) is 63.6 Å². The van der Waals surface area contributed by atoms with Crippen molar-refractivity contribution in [3.8, 4) is 28.4 Å². The third kappa shape index (κ3) is 18.6. The minimum absolute atomic E-state index is 0.0474. The zero-order valence-electron chi connectivity index (χ0n) is 52.0. The van der Waals surface area contributed by atoms with E-state index in [-0.39, 0.29) is 54.1 Å². The molecule has 3 aliphatic rings. The minimum atomic E-state index is -4.49.